The van der Waals surface area contributed by atoms with Crippen LogP contribution in [0.3, 0.4) is 0 Å². The summed E-state index contributed by atoms with van der Waals surface area (Å²) in [6, 6.07) is 5.95. The van der Waals surface area contributed by atoms with E-state index in [1.165, 1.54) is 11.3 Å². The number of nitrogens with zero attached hydrogens (tertiary/aromatic N) is 1. The van der Waals surface area contributed by atoms with Gasteiger partial charge in [0.15, 0.2) is 0 Å². The van der Waals surface area contributed by atoms with Crippen LogP contribution >= 0.6 is 0 Å². The van der Waals surface area contributed by atoms with E-state index in [9.17, 15) is 0 Å². The van der Waals surface area contributed by atoms with Crippen molar-refractivity contribution >= 4 is 17.1 Å². The van der Waals surface area contributed by atoms with E-state index >= 15 is 0 Å². The Morgan fingerprint density at radius 1 is 1.50 bits per heavy atom. The van der Waals surface area contributed by atoms with Crippen LogP contribution in [-0.4, -0.2) is 5.71 Å². The molecular formula is C10H12N2. The first-order valence-electron chi connectivity index (χ1n) is 4.24. The van der Waals surface area contributed by atoms with E-state index in [2.05, 4.69) is 18.0 Å². The Morgan fingerprint density at radius 3 is 3.08 bits per heavy atom. The molecule has 1 aliphatic heterocycles. The van der Waals surface area contributed by atoms with Crippen molar-refractivity contribution in [2.24, 2.45) is 4.99 Å². The predicted molar refractivity (Wildman–Crippen MR) is 51.9 cm³/mol. The molecule has 0 radical (unpaired) electrons. The zero-order chi connectivity index (χ0) is 8.55. The van der Waals surface area contributed by atoms with Gasteiger partial charge in [0.2, 0.25) is 0 Å². The Hall–Kier alpha value is -1.31. The minimum Gasteiger partial charge on any atom is -0.399 e. The average Bonchev–Trinajstić information content (AvgIpc) is 2.46. The Morgan fingerprint density at radius 2 is 2.33 bits per heavy atom. The summed E-state index contributed by atoms with van der Waals surface area (Å²) >= 11 is 0. The molecule has 0 amide bonds. The molecule has 0 atom stereocenters. The Balaban J connectivity index is 2.42. The molecule has 1 heterocycles. The first-order valence-corrected chi connectivity index (χ1v) is 4.24. The van der Waals surface area contributed by atoms with Crippen LogP contribution in [0.5, 0.6) is 0 Å². The Kier molecular flexibility index (Phi) is 1.61. The first kappa shape index (κ1) is 7.35. The van der Waals surface area contributed by atoms with Crippen LogP contribution in [0.15, 0.2) is 23.2 Å². The van der Waals surface area contributed by atoms with Crippen LogP contribution in [0.25, 0.3) is 0 Å². The molecule has 0 aliphatic carbocycles. The van der Waals surface area contributed by atoms with Gasteiger partial charge in [0, 0.05) is 17.8 Å². The maximum Gasteiger partial charge on any atom is 0.0685 e. The van der Waals surface area contributed by atoms with Crippen LogP contribution in [0.2, 0.25) is 0 Å². The van der Waals surface area contributed by atoms with Crippen LogP contribution in [-0.2, 0) is 6.42 Å². The summed E-state index contributed by atoms with van der Waals surface area (Å²) < 4.78 is 0. The highest BCUT2D eigenvalue weighted by atomic mass is 14.8. The van der Waals surface area contributed by atoms with Crippen LogP contribution in [0.4, 0.5) is 11.4 Å². The molecule has 0 spiro atoms. The summed E-state index contributed by atoms with van der Waals surface area (Å²) in [5.74, 6) is 0. The molecule has 12 heavy (non-hydrogen) atoms. The van der Waals surface area contributed by atoms with Gasteiger partial charge in [-0.05, 0) is 24.1 Å². The highest BCUT2D eigenvalue weighted by molar-refractivity contribution is 5.94. The minimum absolute atomic E-state index is 0.801. The number of anilines is 1. The topological polar surface area (TPSA) is 38.4 Å². The van der Waals surface area contributed by atoms with E-state index in [1.54, 1.807) is 0 Å². The van der Waals surface area contributed by atoms with E-state index < -0.39 is 0 Å². The zero-order valence-electron chi connectivity index (χ0n) is 7.17. The standard InChI is InChI=1S/C10H12N2/c1-2-9-5-7-3-4-8(11)6-10(7)12-9/h3-4,6H,2,5,11H2,1H3. The molecule has 62 valence electrons. The molecule has 1 aliphatic rings. The molecule has 2 nitrogen and oxygen atoms in total. The predicted octanol–water partition coefficient (Wildman–Crippen LogP) is 2.31. The second-order valence-corrected chi connectivity index (χ2v) is 3.10. The maximum absolute atomic E-state index is 5.65. The molecule has 0 unspecified atom stereocenters. The molecule has 1 aromatic rings. The van der Waals surface area contributed by atoms with E-state index in [0.717, 1.165) is 24.2 Å². The molecule has 2 heteroatoms. The van der Waals surface area contributed by atoms with Gasteiger partial charge in [-0.3, -0.25) is 4.99 Å². The van der Waals surface area contributed by atoms with E-state index in [0.29, 0.717) is 0 Å². The second kappa shape index (κ2) is 2.63. The molecule has 2 N–H and O–H groups in total. The number of benzene rings is 1. The maximum atomic E-state index is 5.65. The van der Waals surface area contributed by atoms with Crippen molar-refractivity contribution in [1.82, 2.24) is 0 Å². The third-order valence-electron chi connectivity index (χ3n) is 2.19. The first-order chi connectivity index (χ1) is 5.79. The summed E-state index contributed by atoms with van der Waals surface area (Å²) in [7, 11) is 0. The Bertz CT molecular complexity index is 340. The van der Waals surface area contributed by atoms with Crippen molar-refractivity contribution in [3.63, 3.8) is 0 Å². The van der Waals surface area contributed by atoms with E-state index in [1.807, 2.05) is 12.1 Å². The smallest absolute Gasteiger partial charge is 0.0685 e. The van der Waals surface area contributed by atoms with Crippen LogP contribution < -0.4 is 5.73 Å². The number of nitrogens with two attached hydrogens (primary N) is 1. The van der Waals surface area contributed by atoms with Crippen molar-refractivity contribution in [2.45, 2.75) is 19.8 Å². The Labute approximate surface area is 72.1 Å². The lowest BCUT2D eigenvalue weighted by atomic mass is 10.1. The van der Waals surface area contributed by atoms with Gasteiger partial charge in [-0.1, -0.05) is 13.0 Å². The van der Waals surface area contributed by atoms with Crippen molar-refractivity contribution in [1.29, 1.82) is 0 Å². The lowest BCUT2D eigenvalue weighted by Crippen LogP contribution is -1.93. The van der Waals surface area contributed by atoms with Gasteiger partial charge in [0.05, 0.1) is 5.69 Å². The van der Waals surface area contributed by atoms with Gasteiger partial charge in [0.1, 0.15) is 0 Å². The molecule has 1 aromatic carbocycles. The normalized spacial score (nSPS) is 14.2. The summed E-state index contributed by atoms with van der Waals surface area (Å²) in [4.78, 5) is 4.47. The van der Waals surface area contributed by atoms with Crippen molar-refractivity contribution in [2.75, 3.05) is 5.73 Å². The van der Waals surface area contributed by atoms with Gasteiger partial charge < -0.3 is 5.73 Å². The summed E-state index contributed by atoms with van der Waals surface area (Å²) in [5, 5.41) is 0. The van der Waals surface area contributed by atoms with Crippen LogP contribution in [0, 0.1) is 0 Å². The van der Waals surface area contributed by atoms with Gasteiger partial charge in [-0.2, -0.15) is 0 Å². The van der Waals surface area contributed by atoms with Gasteiger partial charge >= 0.3 is 0 Å². The van der Waals surface area contributed by atoms with Crippen LogP contribution in [0.1, 0.15) is 18.9 Å². The van der Waals surface area contributed by atoms with E-state index in [4.69, 9.17) is 5.73 Å². The summed E-state index contributed by atoms with van der Waals surface area (Å²) in [6.45, 7) is 2.13. The molecule has 0 saturated heterocycles. The molecule has 0 saturated carbocycles. The minimum atomic E-state index is 0.801. The molecule has 0 fully saturated rings. The fourth-order valence-electron chi connectivity index (χ4n) is 1.47. The molecule has 0 bridgehead atoms. The molecule has 0 aromatic heterocycles. The highest BCUT2D eigenvalue weighted by Crippen LogP contribution is 2.29. The van der Waals surface area contributed by atoms with Crippen molar-refractivity contribution in [3.05, 3.63) is 23.8 Å². The second-order valence-electron chi connectivity index (χ2n) is 3.10. The summed E-state index contributed by atoms with van der Waals surface area (Å²) in [5.41, 5.74) is 10.1. The van der Waals surface area contributed by atoms with Gasteiger partial charge in [-0.25, -0.2) is 0 Å². The number of nitrogen functional groups attached to an aromatic ring is 1. The summed E-state index contributed by atoms with van der Waals surface area (Å²) in [6.07, 6.45) is 2.04. The number of aliphatic imine (C=N–C) groups is 1. The largest absolute Gasteiger partial charge is 0.399 e. The third-order valence-corrected chi connectivity index (χ3v) is 2.19. The SMILES string of the molecule is CCC1=Nc2cc(N)ccc2C1. The molecule has 2 rings (SSSR count). The number of hydrogen-bond acceptors (Lipinski definition) is 2. The van der Waals surface area contributed by atoms with Gasteiger partial charge in [0.25, 0.3) is 0 Å². The monoisotopic (exact) mass is 160 g/mol. The van der Waals surface area contributed by atoms with Crippen molar-refractivity contribution < 1.29 is 0 Å². The zero-order valence-corrected chi connectivity index (χ0v) is 7.17. The third kappa shape index (κ3) is 1.09. The average molecular weight is 160 g/mol. The van der Waals surface area contributed by atoms with E-state index in [-0.39, 0.29) is 0 Å². The lowest BCUT2D eigenvalue weighted by Gasteiger charge is -1.96. The number of rotatable bonds is 1. The van der Waals surface area contributed by atoms with Crippen molar-refractivity contribution in [3.8, 4) is 0 Å². The molecular weight excluding hydrogens is 148 g/mol. The van der Waals surface area contributed by atoms with Gasteiger partial charge in [-0.15, -0.1) is 0 Å². The number of fused-ring (bicyclic) bond motifs is 1. The lowest BCUT2D eigenvalue weighted by molar-refractivity contribution is 1.22. The quantitative estimate of drug-likeness (QED) is 0.629. The fraction of sp³-hybridized carbons (Fsp3) is 0.300. The fourth-order valence-corrected chi connectivity index (χ4v) is 1.47. The number of hydrogen-bond donors (Lipinski definition) is 1. The highest BCUT2D eigenvalue weighted by Gasteiger charge is 2.12.